The summed E-state index contributed by atoms with van der Waals surface area (Å²) in [5, 5.41) is 5.95. The standard InChI is InChI=1S/C30H16BClN2/c32-17-15-26-28-27(16-17)34-25-14-4-2-8-19(25)21-10-6-12-23(30(21)34)31(28)22-11-5-9-20-18-7-1-3-13-24(18)33(26)29(20)22/h1-16H. The fourth-order valence-electron chi connectivity index (χ4n) is 6.79. The molecule has 0 aliphatic carbocycles. The number of para-hydroxylation sites is 4. The second-order valence-electron chi connectivity index (χ2n) is 9.48. The number of benzene rings is 5. The smallest absolute Gasteiger partial charge is 0.252 e. The first-order valence-electron chi connectivity index (χ1n) is 11.7. The maximum absolute atomic E-state index is 6.87. The van der Waals surface area contributed by atoms with Crippen molar-refractivity contribution >= 4 is 78.3 Å². The van der Waals surface area contributed by atoms with Gasteiger partial charge in [-0.2, -0.15) is 0 Å². The highest BCUT2D eigenvalue weighted by Gasteiger charge is 2.40. The summed E-state index contributed by atoms with van der Waals surface area (Å²) >= 11 is 6.87. The Morgan fingerprint density at radius 2 is 1.00 bits per heavy atom. The van der Waals surface area contributed by atoms with Crippen LogP contribution in [0, 0.1) is 0 Å². The zero-order valence-electron chi connectivity index (χ0n) is 18.1. The summed E-state index contributed by atoms with van der Waals surface area (Å²) in [6.45, 7) is 0.170. The average Bonchev–Trinajstić information content (AvgIpc) is 3.39. The normalized spacial score (nSPS) is 13.4. The number of rotatable bonds is 0. The van der Waals surface area contributed by atoms with Crippen LogP contribution in [0.15, 0.2) is 97.1 Å². The van der Waals surface area contributed by atoms with Crippen LogP contribution in [0.3, 0.4) is 0 Å². The van der Waals surface area contributed by atoms with Crippen LogP contribution < -0.4 is 16.4 Å². The molecule has 0 amide bonds. The molecule has 4 heteroatoms. The summed E-state index contributed by atoms with van der Waals surface area (Å²) in [4.78, 5) is 0. The minimum absolute atomic E-state index is 0.170. The molecule has 0 saturated heterocycles. The van der Waals surface area contributed by atoms with Gasteiger partial charge in [0, 0.05) is 49.0 Å². The van der Waals surface area contributed by atoms with Crippen molar-refractivity contribution in [1.29, 1.82) is 0 Å². The molecule has 0 N–H and O–H groups in total. The topological polar surface area (TPSA) is 9.86 Å². The van der Waals surface area contributed by atoms with E-state index in [2.05, 4.69) is 106 Å². The molecule has 2 aromatic heterocycles. The molecule has 34 heavy (non-hydrogen) atoms. The fourth-order valence-corrected chi connectivity index (χ4v) is 7.00. The first-order chi connectivity index (χ1) is 16.8. The largest absolute Gasteiger partial charge is 0.310 e. The Labute approximate surface area is 200 Å². The second kappa shape index (κ2) is 5.75. The van der Waals surface area contributed by atoms with Crippen molar-refractivity contribution in [1.82, 2.24) is 9.13 Å². The number of fused-ring (bicyclic) bond motifs is 10. The van der Waals surface area contributed by atoms with Gasteiger partial charge in [0.15, 0.2) is 0 Å². The van der Waals surface area contributed by atoms with E-state index in [1.807, 2.05) is 0 Å². The van der Waals surface area contributed by atoms with Crippen LogP contribution in [0.1, 0.15) is 0 Å². The van der Waals surface area contributed by atoms with Crippen molar-refractivity contribution < 1.29 is 0 Å². The van der Waals surface area contributed by atoms with Gasteiger partial charge in [-0.05, 0) is 40.7 Å². The molecule has 5 aromatic carbocycles. The molecule has 0 spiro atoms. The van der Waals surface area contributed by atoms with Gasteiger partial charge >= 0.3 is 0 Å². The molecule has 0 bridgehead atoms. The predicted molar refractivity (Wildman–Crippen MR) is 145 cm³/mol. The molecular weight excluding hydrogens is 435 g/mol. The van der Waals surface area contributed by atoms with E-state index in [1.54, 1.807) is 0 Å². The van der Waals surface area contributed by atoms with Crippen LogP contribution in [-0.2, 0) is 0 Å². The van der Waals surface area contributed by atoms with E-state index in [1.165, 1.54) is 71.4 Å². The average molecular weight is 451 g/mol. The zero-order chi connectivity index (χ0) is 22.1. The first-order valence-corrected chi connectivity index (χ1v) is 12.1. The molecule has 9 rings (SSSR count). The van der Waals surface area contributed by atoms with E-state index >= 15 is 0 Å². The monoisotopic (exact) mass is 450 g/mol. The maximum atomic E-state index is 6.87. The molecule has 7 aromatic rings. The van der Waals surface area contributed by atoms with Crippen molar-refractivity contribution in [2.75, 3.05) is 0 Å². The maximum Gasteiger partial charge on any atom is 0.252 e. The summed E-state index contributed by atoms with van der Waals surface area (Å²) in [6.07, 6.45) is 0. The Balaban J connectivity index is 1.60. The van der Waals surface area contributed by atoms with E-state index in [0.29, 0.717) is 0 Å². The SMILES string of the molecule is Clc1cc2c3c(c1)-n1c4ccccc4c4cccc(c41)B3c1cccc3c4ccccc4n-2c13. The van der Waals surface area contributed by atoms with Crippen LogP contribution >= 0.6 is 11.6 Å². The van der Waals surface area contributed by atoms with Gasteiger partial charge in [-0.3, -0.25) is 0 Å². The van der Waals surface area contributed by atoms with Gasteiger partial charge in [-0.1, -0.05) is 84.4 Å². The molecular formula is C30H16BClN2. The minimum Gasteiger partial charge on any atom is -0.310 e. The summed E-state index contributed by atoms with van der Waals surface area (Å²) in [7, 11) is 0. The van der Waals surface area contributed by atoms with Crippen LogP contribution in [0.2, 0.25) is 5.02 Å². The van der Waals surface area contributed by atoms with E-state index < -0.39 is 0 Å². The second-order valence-corrected chi connectivity index (χ2v) is 9.92. The molecule has 2 aliphatic rings. The lowest BCUT2D eigenvalue weighted by atomic mass is 9.34. The third kappa shape index (κ3) is 1.83. The van der Waals surface area contributed by atoms with E-state index in [-0.39, 0.29) is 6.71 Å². The molecule has 0 atom stereocenters. The summed E-state index contributed by atoms with van der Waals surface area (Å²) in [5.74, 6) is 0. The molecule has 156 valence electrons. The molecule has 4 heterocycles. The molecule has 0 unspecified atom stereocenters. The number of hydrogen-bond acceptors (Lipinski definition) is 0. The van der Waals surface area contributed by atoms with Gasteiger partial charge in [0.1, 0.15) is 0 Å². The van der Waals surface area contributed by atoms with Crippen molar-refractivity contribution in [3.05, 3.63) is 102 Å². The van der Waals surface area contributed by atoms with Gasteiger partial charge < -0.3 is 9.13 Å². The van der Waals surface area contributed by atoms with Crippen molar-refractivity contribution in [3.8, 4) is 11.4 Å². The molecule has 2 nitrogen and oxygen atoms in total. The lowest BCUT2D eigenvalue weighted by Crippen LogP contribution is -2.59. The highest BCUT2D eigenvalue weighted by Crippen LogP contribution is 2.39. The Hall–Kier alpha value is -3.95. The van der Waals surface area contributed by atoms with Crippen LogP contribution in [0.5, 0.6) is 0 Å². The molecule has 0 fully saturated rings. The first kappa shape index (κ1) is 17.5. The lowest BCUT2D eigenvalue weighted by Gasteiger charge is -2.33. The quantitative estimate of drug-likeness (QED) is 0.263. The molecule has 0 radical (unpaired) electrons. The van der Waals surface area contributed by atoms with Crippen molar-refractivity contribution in [2.24, 2.45) is 0 Å². The molecule has 2 aliphatic heterocycles. The van der Waals surface area contributed by atoms with Gasteiger partial charge in [-0.15, -0.1) is 0 Å². The van der Waals surface area contributed by atoms with E-state index in [4.69, 9.17) is 11.6 Å². The van der Waals surface area contributed by atoms with Gasteiger partial charge in [0.2, 0.25) is 0 Å². The molecule has 0 saturated carbocycles. The highest BCUT2D eigenvalue weighted by molar-refractivity contribution is 7.00. The van der Waals surface area contributed by atoms with E-state index in [9.17, 15) is 0 Å². The number of nitrogens with zero attached hydrogens (tertiary/aromatic N) is 2. The van der Waals surface area contributed by atoms with Gasteiger partial charge in [0.05, 0.1) is 11.0 Å². The minimum atomic E-state index is 0.170. The highest BCUT2D eigenvalue weighted by atomic mass is 35.5. The summed E-state index contributed by atoms with van der Waals surface area (Å²) < 4.78 is 4.88. The Morgan fingerprint density at radius 1 is 0.529 bits per heavy atom. The summed E-state index contributed by atoms with van der Waals surface area (Å²) in [6, 6.07) is 35.4. The van der Waals surface area contributed by atoms with Crippen LogP contribution in [0.4, 0.5) is 0 Å². The van der Waals surface area contributed by atoms with Crippen LogP contribution in [0.25, 0.3) is 55.0 Å². The Bertz CT molecular complexity index is 1900. The predicted octanol–water partition coefficient (Wildman–Crippen LogP) is 5.68. The zero-order valence-corrected chi connectivity index (χ0v) is 18.8. The van der Waals surface area contributed by atoms with E-state index in [0.717, 1.165) is 5.02 Å². The fraction of sp³-hybridized carbons (Fsp3) is 0. The van der Waals surface area contributed by atoms with Crippen LogP contribution in [-0.4, -0.2) is 15.8 Å². The third-order valence-corrected chi connectivity index (χ3v) is 8.16. The lowest BCUT2D eigenvalue weighted by molar-refractivity contribution is 1.14. The Kier molecular flexibility index (Phi) is 2.96. The third-order valence-electron chi connectivity index (χ3n) is 7.95. The Morgan fingerprint density at radius 3 is 1.53 bits per heavy atom. The number of aromatic nitrogens is 2. The number of hydrogen-bond donors (Lipinski definition) is 0. The van der Waals surface area contributed by atoms with Crippen molar-refractivity contribution in [2.45, 2.75) is 0 Å². The number of halogens is 1. The van der Waals surface area contributed by atoms with Crippen molar-refractivity contribution in [3.63, 3.8) is 0 Å². The van der Waals surface area contributed by atoms with Gasteiger partial charge in [0.25, 0.3) is 6.71 Å². The summed E-state index contributed by atoms with van der Waals surface area (Å²) in [5.41, 5.74) is 11.5. The van der Waals surface area contributed by atoms with Gasteiger partial charge in [-0.25, -0.2) is 0 Å².